The minimum Gasteiger partial charge on any atom is -0.396 e. The van der Waals surface area contributed by atoms with Crippen LogP contribution in [0.2, 0.25) is 0 Å². The molecule has 2 N–H and O–H groups in total. The highest BCUT2D eigenvalue weighted by molar-refractivity contribution is 4.91. The maximum atomic E-state index is 9.73. The van der Waals surface area contributed by atoms with Gasteiger partial charge >= 0.3 is 0 Å². The number of unbranched alkanes of at least 4 members (excludes halogenated alkanes) is 2. The van der Waals surface area contributed by atoms with Gasteiger partial charge in [-0.1, -0.05) is 64.9 Å². The molecule has 0 aromatic carbocycles. The lowest BCUT2D eigenvalue weighted by Crippen LogP contribution is -2.28. The first-order valence-corrected chi connectivity index (χ1v) is 12.1. The van der Waals surface area contributed by atoms with Gasteiger partial charge in [-0.05, 0) is 68.3 Å². The summed E-state index contributed by atoms with van der Waals surface area (Å²) < 4.78 is 5.46. The molecule has 3 nitrogen and oxygen atoms in total. The van der Waals surface area contributed by atoms with Crippen LogP contribution in [0, 0.1) is 29.6 Å². The van der Waals surface area contributed by atoms with Crippen molar-refractivity contribution in [3.8, 4) is 0 Å². The summed E-state index contributed by atoms with van der Waals surface area (Å²) in [6, 6.07) is 0. The third-order valence-corrected chi connectivity index (χ3v) is 7.50. The molecule has 2 aliphatic rings. The number of hydrogen-bond acceptors (Lipinski definition) is 3. The highest BCUT2D eigenvalue weighted by Gasteiger charge is 2.31. The van der Waals surface area contributed by atoms with Gasteiger partial charge in [0.1, 0.15) is 0 Å². The van der Waals surface area contributed by atoms with Crippen molar-refractivity contribution in [2.45, 2.75) is 104 Å². The number of hydrogen-bond donors (Lipinski definition) is 2. The second-order valence-corrected chi connectivity index (χ2v) is 9.87. The Labute approximate surface area is 173 Å². The summed E-state index contributed by atoms with van der Waals surface area (Å²) in [6.45, 7) is 8.34. The zero-order valence-electron chi connectivity index (χ0n) is 18.6. The van der Waals surface area contributed by atoms with Crippen molar-refractivity contribution in [3.63, 3.8) is 0 Å². The Morgan fingerprint density at radius 3 is 2.04 bits per heavy atom. The summed E-state index contributed by atoms with van der Waals surface area (Å²) in [5.41, 5.74) is 0.622. The van der Waals surface area contributed by atoms with Crippen LogP contribution in [0.15, 0.2) is 12.2 Å². The topological polar surface area (TPSA) is 49.7 Å². The van der Waals surface area contributed by atoms with Crippen molar-refractivity contribution in [2.75, 3.05) is 13.2 Å². The molecule has 0 radical (unpaired) electrons. The zero-order valence-corrected chi connectivity index (χ0v) is 18.6. The van der Waals surface area contributed by atoms with E-state index in [1.54, 1.807) is 6.92 Å². The van der Waals surface area contributed by atoms with Crippen LogP contribution >= 0.6 is 0 Å². The highest BCUT2D eigenvalue weighted by Crippen LogP contribution is 2.43. The Bertz CT molecular complexity index is 420. The van der Waals surface area contributed by atoms with Crippen LogP contribution in [0.3, 0.4) is 0 Å². The highest BCUT2D eigenvalue weighted by atomic mass is 16.6. The van der Waals surface area contributed by atoms with Crippen LogP contribution in [0.25, 0.3) is 0 Å². The lowest BCUT2D eigenvalue weighted by atomic mass is 9.68. The van der Waals surface area contributed by atoms with Gasteiger partial charge in [0.2, 0.25) is 0 Å². The zero-order chi connectivity index (χ0) is 20.4. The molecule has 0 bridgehead atoms. The molecule has 0 amide bonds. The normalized spacial score (nSPS) is 30.7. The molecule has 0 heterocycles. The summed E-state index contributed by atoms with van der Waals surface area (Å²) in [7, 11) is 0. The molecule has 28 heavy (non-hydrogen) atoms. The Balaban J connectivity index is 1.63. The predicted molar refractivity (Wildman–Crippen MR) is 117 cm³/mol. The smallest absolute Gasteiger partial charge is 0.176 e. The van der Waals surface area contributed by atoms with Crippen molar-refractivity contribution in [1.82, 2.24) is 0 Å². The van der Waals surface area contributed by atoms with E-state index >= 15 is 0 Å². The van der Waals surface area contributed by atoms with E-state index in [4.69, 9.17) is 4.74 Å². The number of ether oxygens (including phenoxy) is 1. The summed E-state index contributed by atoms with van der Waals surface area (Å²) in [6.07, 6.45) is 17.1. The predicted octanol–water partition coefficient (Wildman–Crippen LogP) is 6.09. The largest absolute Gasteiger partial charge is 0.396 e. The first kappa shape index (κ1) is 23.9. The summed E-state index contributed by atoms with van der Waals surface area (Å²) >= 11 is 0. The molecule has 2 aliphatic carbocycles. The molecule has 2 saturated carbocycles. The Morgan fingerprint density at radius 2 is 1.54 bits per heavy atom. The van der Waals surface area contributed by atoms with Gasteiger partial charge in [-0.25, -0.2) is 0 Å². The van der Waals surface area contributed by atoms with Crippen molar-refractivity contribution in [1.29, 1.82) is 0 Å². The summed E-state index contributed by atoms with van der Waals surface area (Å²) in [5.74, 6) is 3.78. The maximum absolute atomic E-state index is 9.73. The number of rotatable bonds is 12. The Morgan fingerprint density at radius 1 is 0.964 bits per heavy atom. The second kappa shape index (κ2) is 13.0. The summed E-state index contributed by atoms with van der Waals surface area (Å²) in [4.78, 5) is 0. The Kier molecular flexibility index (Phi) is 11.1. The van der Waals surface area contributed by atoms with Gasteiger partial charge in [-0.15, -0.1) is 0 Å². The molecule has 2 atom stereocenters. The van der Waals surface area contributed by atoms with Gasteiger partial charge < -0.3 is 14.9 Å². The minimum absolute atomic E-state index is 0.133. The third kappa shape index (κ3) is 8.16. The van der Waals surface area contributed by atoms with Crippen molar-refractivity contribution >= 4 is 0 Å². The molecular weight excluding hydrogens is 348 g/mol. The quantitative estimate of drug-likeness (QED) is 0.239. The Hall–Kier alpha value is -0.380. The SMILES string of the molecule is C=C(C)C(O)OCC(CO)CC1CCC(C2CCC(CCCCC)CC2)CC1. The molecule has 0 aromatic heterocycles. The molecule has 2 rings (SSSR count). The van der Waals surface area contributed by atoms with Crippen molar-refractivity contribution in [3.05, 3.63) is 12.2 Å². The third-order valence-electron chi connectivity index (χ3n) is 7.50. The lowest BCUT2D eigenvalue weighted by Gasteiger charge is -2.38. The fourth-order valence-electron chi connectivity index (χ4n) is 5.56. The standard InChI is InChI=1S/C25H46O3/c1-4-5-6-7-20-8-12-23(13-9-20)24-14-10-21(11-15-24)16-22(17-26)18-28-25(27)19(2)3/h20-27H,2,4-18H2,1,3H3. The molecular formula is C25H46O3. The van der Waals surface area contributed by atoms with E-state index in [0.717, 1.165) is 24.2 Å². The monoisotopic (exact) mass is 394 g/mol. The fraction of sp³-hybridized carbons (Fsp3) is 0.920. The van der Waals surface area contributed by atoms with Crippen LogP contribution in [0.5, 0.6) is 0 Å². The van der Waals surface area contributed by atoms with Gasteiger partial charge in [0, 0.05) is 12.5 Å². The maximum Gasteiger partial charge on any atom is 0.176 e. The molecule has 0 saturated heterocycles. The lowest BCUT2D eigenvalue weighted by molar-refractivity contribution is -0.0908. The van der Waals surface area contributed by atoms with E-state index in [2.05, 4.69) is 13.5 Å². The molecule has 0 aromatic rings. The van der Waals surface area contributed by atoms with E-state index in [-0.39, 0.29) is 12.5 Å². The molecule has 0 aliphatic heterocycles. The van der Waals surface area contributed by atoms with Crippen LogP contribution < -0.4 is 0 Å². The molecule has 3 heteroatoms. The van der Waals surface area contributed by atoms with E-state index in [1.165, 1.54) is 77.0 Å². The van der Waals surface area contributed by atoms with Crippen molar-refractivity contribution < 1.29 is 14.9 Å². The average Bonchev–Trinajstić information content (AvgIpc) is 2.72. The van der Waals surface area contributed by atoms with E-state index in [9.17, 15) is 10.2 Å². The van der Waals surface area contributed by atoms with E-state index in [0.29, 0.717) is 18.1 Å². The van der Waals surface area contributed by atoms with Crippen LogP contribution in [-0.4, -0.2) is 29.7 Å². The molecule has 0 spiro atoms. The molecule has 164 valence electrons. The van der Waals surface area contributed by atoms with E-state index in [1.807, 2.05) is 0 Å². The molecule has 2 unspecified atom stereocenters. The fourth-order valence-corrected chi connectivity index (χ4v) is 5.56. The van der Waals surface area contributed by atoms with Gasteiger partial charge in [-0.2, -0.15) is 0 Å². The van der Waals surface area contributed by atoms with Gasteiger partial charge in [0.05, 0.1) is 6.61 Å². The van der Waals surface area contributed by atoms with E-state index < -0.39 is 6.29 Å². The van der Waals surface area contributed by atoms with Crippen LogP contribution in [0.1, 0.15) is 97.3 Å². The number of aliphatic hydroxyl groups is 2. The summed E-state index contributed by atoms with van der Waals surface area (Å²) in [5, 5.41) is 19.4. The van der Waals surface area contributed by atoms with Crippen molar-refractivity contribution in [2.24, 2.45) is 29.6 Å². The van der Waals surface area contributed by atoms with Crippen LogP contribution in [0.4, 0.5) is 0 Å². The minimum atomic E-state index is -0.901. The first-order valence-electron chi connectivity index (χ1n) is 12.1. The van der Waals surface area contributed by atoms with Crippen LogP contribution in [-0.2, 0) is 4.74 Å². The van der Waals surface area contributed by atoms with Gasteiger partial charge in [-0.3, -0.25) is 0 Å². The van der Waals surface area contributed by atoms with Gasteiger partial charge in [0.25, 0.3) is 0 Å². The second-order valence-electron chi connectivity index (χ2n) is 9.87. The van der Waals surface area contributed by atoms with Gasteiger partial charge in [0.15, 0.2) is 6.29 Å². The number of aliphatic hydroxyl groups excluding tert-OH is 2. The molecule has 2 fully saturated rings. The average molecular weight is 395 g/mol. The first-order chi connectivity index (χ1) is 13.5.